The summed E-state index contributed by atoms with van der Waals surface area (Å²) >= 11 is 3.29. The van der Waals surface area contributed by atoms with Gasteiger partial charge in [-0.05, 0) is 11.4 Å². The molecule has 15 heavy (non-hydrogen) atoms. The molecule has 76 valence electrons. The van der Waals surface area contributed by atoms with Gasteiger partial charge in [0.2, 0.25) is 4.96 Å². The van der Waals surface area contributed by atoms with Crippen molar-refractivity contribution in [2.75, 3.05) is 0 Å². The summed E-state index contributed by atoms with van der Waals surface area (Å²) in [5.74, 6) is 0.694. The van der Waals surface area contributed by atoms with Crippen molar-refractivity contribution in [1.82, 2.24) is 14.6 Å². The summed E-state index contributed by atoms with van der Waals surface area (Å²) in [7, 11) is 0. The third kappa shape index (κ3) is 1.38. The van der Waals surface area contributed by atoms with Gasteiger partial charge in [-0.3, -0.25) is 0 Å². The van der Waals surface area contributed by atoms with Crippen molar-refractivity contribution in [3.05, 3.63) is 28.7 Å². The normalized spacial score (nSPS) is 11.3. The van der Waals surface area contributed by atoms with Crippen molar-refractivity contribution in [2.45, 2.75) is 6.54 Å². The highest BCUT2D eigenvalue weighted by Crippen LogP contribution is 2.28. The van der Waals surface area contributed by atoms with E-state index in [0.29, 0.717) is 12.4 Å². The topological polar surface area (TPSA) is 56.2 Å². The molecule has 6 heteroatoms. The Morgan fingerprint density at radius 1 is 1.40 bits per heavy atom. The van der Waals surface area contributed by atoms with Crippen molar-refractivity contribution < 1.29 is 0 Å². The summed E-state index contributed by atoms with van der Waals surface area (Å²) in [5.41, 5.74) is 6.61. The van der Waals surface area contributed by atoms with Crippen LogP contribution in [-0.4, -0.2) is 14.6 Å². The molecule has 0 unspecified atom stereocenters. The molecule has 4 nitrogen and oxygen atoms in total. The van der Waals surface area contributed by atoms with Crippen LogP contribution in [0, 0.1) is 0 Å². The van der Waals surface area contributed by atoms with Crippen molar-refractivity contribution in [2.24, 2.45) is 5.73 Å². The monoisotopic (exact) mass is 236 g/mol. The van der Waals surface area contributed by atoms with Gasteiger partial charge in [0.15, 0.2) is 5.82 Å². The van der Waals surface area contributed by atoms with E-state index in [1.807, 2.05) is 10.6 Å². The van der Waals surface area contributed by atoms with E-state index in [2.05, 4.69) is 26.9 Å². The van der Waals surface area contributed by atoms with E-state index in [4.69, 9.17) is 5.73 Å². The second-order valence-corrected chi connectivity index (χ2v) is 4.81. The quantitative estimate of drug-likeness (QED) is 0.740. The molecule has 3 aromatic rings. The fourth-order valence-electron chi connectivity index (χ4n) is 1.40. The maximum Gasteiger partial charge on any atom is 0.212 e. The minimum atomic E-state index is 0.387. The van der Waals surface area contributed by atoms with Crippen LogP contribution in [0.5, 0.6) is 0 Å². The van der Waals surface area contributed by atoms with E-state index >= 15 is 0 Å². The van der Waals surface area contributed by atoms with Gasteiger partial charge in [0.25, 0.3) is 0 Å². The van der Waals surface area contributed by atoms with E-state index in [-0.39, 0.29) is 0 Å². The Balaban J connectivity index is 2.23. The SMILES string of the molecule is NCc1nc2scc(-c3cccs3)n2n1. The number of rotatable bonds is 2. The average molecular weight is 236 g/mol. The predicted octanol–water partition coefficient (Wildman–Crippen LogP) is 1.98. The molecule has 0 aliphatic rings. The Morgan fingerprint density at radius 3 is 3.07 bits per heavy atom. The van der Waals surface area contributed by atoms with Crippen LogP contribution in [0.15, 0.2) is 22.9 Å². The second-order valence-electron chi connectivity index (χ2n) is 3.02. The van der Waals surface area contributed by atoms with E-state index in [1.165, 1.54) is 4.88 Å². The molecule has 0 aromatic carbocycles. The van der Waals surface area contributed by atoms with E-state index in [9.17, 15) is 0 Å². The van der Waals surface area contributed by atoms with Crippen LogP contribution >= 0.6 is 22.7 Å². The lowest BCUT2D eigenvalue weighted by molar-refractivity contribution is 0.877. The number of thiophene rings is 1. The lowest BCUT2D eigenvalue weighted by Gasteiger charge is -1.91. The fourth-order valence-corrected chi connectivity index (χ4v) is 3.05. The molecule has 0 atom stereocenters. The van der Waals surface area contributed by atoms with Crippen LogP contribution in [0.4, 0.5) is 0 Å². The molecule has 0 aliphatic carbocycles. The Kier molecular flexibility index (Phi) is 2.05. The number of fused-ring (bicyclic) bond motifs is 1. The molecule has 0 fully saturated rings. The Labute approximate surface area is 94.0 Å². The second kappa shape index (κ2) is 3.41. The third-order valence-electron chi connectivity index (χ3n) is 2.08. The molecule has 0 spiro atoms. The summed E-state index contributed by atoms with van der Waals surface area (Å²) in [5, 5.41) is 8.47. The van der Waals surface area contributed by atoms with Crippen LogP contribution in [-0.2, 0) is 6.54 Å². The molecule has 0 saturated heterocycles. The number of hydrogen-bond acceptors (Lipinski definition) is 5. The van der Waals surface area contributed by atoms with Gasteiger partial charge in [-0.25, -0.2) is 9.50 Å². The lowest BCUT2D eigenvalue weighted by Crippen LogP contribution is -1.99. The standard InChI is InChI=1S/C9H8N4S2/c10-4-8-11-9-13(12-8)6(5-15-9)7-2-1-3-14-7/h1-3,5H,4,10H2. The summed E-state index contributed by atoms with van der Waals surface area (Å²) in [6.07, 6.45) is 0. The molecule has 0 aliphatic heterocycles. The van der Waals surface area contributed by atoms with E-state index < -0.39 is 0 Å². The maximum atomic E-state index is 5.51. The highest BCUT2D eigenvalue weighted by Gasteiger charge is 2.10. The van der Waals surface area contributed by atoms with E-state index in [0.717, 1.165) is 10.7 Å². The molecule has 2 N–H and O–H groups in total. The zero-order valence-electron chi connectivity index (χ0n) is 7.75. The number of aromatic nitrogens is 3. The summed E-state index contributed by atoms with van der Waals surface area (Å²) in [6.45, 7) is 0.387. The Bertz CT molecular complexity index is 578. The molecule has 3 rings (SSSR count). The largest absolute Gasteiger partial charge is 0.324 e. The van der Waals surface area contributed by atoms with Crippen LogP contribution < -0.4 is 5.73 Å². The average Bonchev–Trinajstić information content (AvgIpc) is 2.92. The zero-order chi connectivity index (χ0) is 10.3. The summed E-state index contributed by atoms with van der Waals surface area (Å²) < 4.78 is 1.86. The van der Waals surface area contributed by atoms with Gasteiger partial charge < -0.3 is 5.73 Å². The van der Waals surface area contributed by atoms with Crippen LogP contribution in [0.1, 0.15) is 5.82 Å². The van der Waals surface area contributed by atoms with E-state index in [1.54, 1.807) is 22.7 Å². The van der Waals surface area contributed by atoms with Gasteiger partial charge in [-0.15, -0.1) is 27.8 Å². The Hall–Kier alpha value is -1.24. The van der Waals surface area contributed by atoms with Crippen molar-refractivity contribution >= 4 is 27.6 Å². The van der Waals surface area contributed by atoms with Gasteiger partial charge in [0, 0.05) is 5.38 Å². The molecular formula is C9H8N4S2. The first-order valence-corrected chi connectivity index (χ1v) is 6.21. The van der Waals surface area contributed by atoms with Crippen LogP contribution in [0.2, 0.25) is 0 Å². The van der Waals surface area contributed by atoms with Gasteiger partial charge in [-0.1, -0.05) is 6.07 Å². The predicted molar refractivity (Wildman–Crippen MR) is 62.1 cm³/mol. The molecule has 3 aromatic heterocycles. The molecular weight excluding hydrogens is 228 g/mol. The summed E-state index contributed by atoms with van der Waals surface area (Å²) in [4.78, 5) is 6.42. The number of nitrogens with zero attached hydrogens (tertiary/aromatic N) is 3. The molecule has 0 bridgehead atoms. The van der Waals surface area contributed by atoms with Crippen molar-refractivity contribution in [3.63, 3.8) is 0 Å². The van der Waals surface area contributed by atoms with Gasteiger partial charge >= 0.3 is 0 Å². The zero-order valence-corrected chi connectivity index (χ0v) is 9.38. The van der Waals surface area contributed by atoms with Gasteiger partial charge in [0.05, 0.1) is 17.1 Å². The minimum Gasteiger partial charge on any atom is -0.324 e. The Morgan fingerprint density at radius 2 is 2.33 bits per heavy atom. The smallest absolute Gasteiger partial charge is 0.212 e. The first-order chi connectivity index (χ1) is 7.38. The number of nitrogens with two attached hydrogens (primary N) is 1. The molecule has 0 amide bonds. The highest BCUT2D eigenvalue weighted by atomic mass is 32.1. The van der Waals surface area contributed by atoms with Gasteiger partial charge in [0.1, 0.15) is 0 Å². The van der Waals surface area contributed by atoms with Crippen LogP contribution in [0.25, 0.3) is 15.5 Å². The maximum absolute atomic E-state index is 5.51. The lowest BCUT2D eigenvalue weighted by atomic mass is 10.4. The molecule has 0 radical (unpaired) electrons. The number of hydrogen-bond donors (Lipinski definition) is 1. The van der Waals surface area contributed by atoms with Crippen molar-refractivity contribution in [1.29, 1.82) is 0 Å². The molecule has 0 saturated carbocycles. The third-order valence-corrected chi connectivity index (χ3v) is 3.79. The highest BCUT2D eigenvalue weighted by molar-refractivity contribution is 7.16. The first kappa shape index (κ1) is 9.02. The number of thiazole rings is 1. The first-order valence-electron chi connectivity index (χ1n) is 4.45. The summed E-state index contributed by atoms with van der Waals surface area (Å²) in [6, 6.07) is 4.11. The molecule has 3 heterocycles. The fraction of sp³-hybridized carbons (Fsp3) is 0.111. The minimum absolute atomic E-state index is 0.387. The van der Waals surface area contributed by atoms with Crippen LogP contribution in [0.3, 0.4) is 0 Å². The van der Waals surface area contributed by atoms with Gasteiger partial charge in [-0.2, -0.15) is 0 Å². The van der Waals surface area contributed by atoms with Crippen molar-refractivity contribution in [3.8, 4) is 10.6 Å².